The van der Waals surface area contributed by atoms with E-state index in [4.69, 9.17) is 11.6 Å². The summed E-state index contributed by atoms with van der Waals surface area (Å²) in [7, 11) is 0. The lowest BCUT2D eigenvalue weighted by Gasteiger charge is -2.34. The zero-order valence-corrected chi connectivity index (χ0v) is 13.9. The molecule has 2 heterocycles. The van der Waals surface area contributed by atoms with Crippen molar-refractivity contribution in [1.29, 1.82) is 0 Å². The second-order valence-electron chi connectivity index (χ2n) is 5.91. The Balaban J connectivity index is 2.04. The lowest BCUT2D eigenvalue weighted by Crippen LogP contribution is -2.42. The molecule has 1 fully saturated rings. The van der Waals surface area contributed by atoms with Crippen LogP contribution in [0.3, 0.4) is 0 Å². The van der Waals surface area contributed by atoms with Gasteiger partial charge in [0.25, 0.3) is 5.91 Å². The van der Waals surface area contributed by atoms with Gasteiger partial charge in [-0.25, -0.2) is 0 Å². The molecule has 1 atom stereocenters. The van der Waals surface area contributed by atoms with Crippen molar-refractivity contribution in [2.45, 2.75) is 45.1 Å². The highest BCUT2D eigenvalue weighted by molar-refractivity contribution is 7.20. The van der Waals surface area contributed by atoms with Gasteiger partial charge in [0.05, 0.1) is 21.0 Å². The Morgan fingerprint density at radius 2 is 2.00 bits per heavy atom. The zero-order chi connectivity index (χ0) is 15.9. The Morgan fingerprint density at radius 1 is 1.32 bits per heavy atom. The highest BCUT2D eigenvalue weighted by Gasteiger charge is 2.46. The Kier molecular flexibility index (Phi) is 4.28. The van der Waals surface area contributed by atoms with Gasteiger partial charge in [-0.3, -0.25) is 14.5 Å². The van der Waals surface area contributed by atoms with E-state index in [0.29, 0.717) is 9.34 Å². The Morgan fingerprint density at radius 3 is 2.55 bits per heavy atom. The number of anilines is 1. The van der Waals surface area contributed by atoms with Crippen molar-refractivity contribution in [2.75, 3.05) is 4.90 Å². The van der Waals surface area contributed by atoms with Gasteiger partial charge >= 0.3 is 0 Å². The molecule has 6 heteroatoms. The van der Waals surface area contributed by atoms with E-state index in [2.05, 4.69) is 0 Å². The molecule has 1 unspecified atom stereocenters. The molecule has 0 saturated heterocycles. The summed E-state index contributed by atoms with van der Waals surface area (Å²) in [5.41, 5.74) is 0.265. The number of hydrogen-bond acceptors (Lipinski definition) is 4. The maximum Gasteiger partial charge on any atom is 0.294 e. The number of Topliss-reactive ketones (excluding diaryl/α,β-unsaturated/α-hetero) is 1. The van der Waals surface area contributed by atoms with Crippen molar-refractivity contribution in [2.24, 2.45) is 5.92 Å². The quantitative estimate of drug-likeness (QED) is 0.902. The summed E-state index contributed by atoms with van der Waals surface area (Å²) in [6.07, 6.45) is 5.32. The molecule has 0 spiro atoms. The number of halogens is 1. The molecule has 118 valence electrons. The van der Waals surface area contributed by atoms with Crippen LogP contribution in [0.25, 0.3) is 0 Å². The molecular formula is C16H18ClNO3S. The second-order valence-corrected chi connectivity index (χ2v) is 7.61. The van der Waals surface area contributed by atoms with E-state index in [0.717, 1.165) is 25.7 Å². The Labute approximate surface area is 138 Å². The van der Waals surface area contributed by atoms with Crippen molar-refractivity contribution in [3.8, 4) is 0 Å². The summed E-state index contributed by atoms with van der Waals surface area (Å²) in [5, 5.41) is 10.9. The summed E-state index contributed by atoms with van der Waals surface area (Å²) in [4.78, 5) is 26.1. The first-order valence-corrected chi connectivity index (χ1v) is 8.73. The summed E-state index contributed by atoms with van der Waals surface area (Å²) >= 11 is 7.29. The number of thiophene rings is 1. The number of rotatable bonds is 3. The van der Waals surface area contributed by atoms with Crippen LogP contribution in [-0.2, 0) is 9.59 Å². The van der Waals surface area contributed by atoms with Gasteiger partial charge in [-0.1, -0.05) is 30.9 Å². The number of carbonyl (C=O) groups excluding carboxylic acids is 2. The lowest BCUT2D eigenvalue weighted by molar-refractivity contribution is -0.117. The minimum absolute atomic E-state index is 0.210. The highest BCUT2D eigenvalue weighted by atomic mass is 35.5. The van der Waals surface area contributed by atoms with Gasteiger partial charge in [-0.05, 0) is 37.8 Å². The lowest BCUT2D eigenvalue weighted by atomic mass is 9.80. The van der Waals surface area contributed by atoms with Crippen LogP contribution in [-0.4, -0.2) is 22.8 Å². The minimum Gasteiger partial charge on any atom is -0.503 e. The van der Waals surface area contributed by atoms with Crippen LogP contribution in [0.2, 0.25) is 4.34 Å². The zero-order valence-electron chi connectivity index (χ0n) is 12.3. The molecule has 2 aliphatic rings. The molecule has 4 nitrogen and oxygen atoms in total. The molecule has 0 aromatic carbocycles. The first-order valence-electron chi connectivity index (χ1n) is 7.53. The topological polar surface area (TPSA) is 57.6 Å². The van der Waals surface area contributed by atoms with Gasteiger partial charge in [0.2, 0.25) is 0 Å². The largest absolute Gasteiger partial charge is 0.503 e. The van der Waals surface area contributed by atoms with E-state index >= 15 is 0 Å². The molecule has 1 aliphatic carbocycles. The summed E-state index contributed by atoms with van der Waals surface area (Å²) in [5.74, 6) is -0.902. The predicted molar refractivity (Wildman–Crippen MR) is 87.5 cm³/mol. The summed E-state index contributed by atoms with van der Waals surface area (Å²) in [6.45, 7) is 1.42. The van der Waals surface area contributed by atoms with Gasteiger partial charge < -0.3 is 5.11 Å². The van der Waals surface area contributed by atoms with Crippen molar-refractivity contribution in [3.05, 3.63) is 27.8 Å². The maximum absolute atomic E-state index is 12.5. The molecule has 22 heavy (non-hydrogen) atoms. The van der Waals surface area contributed by atoms with E-state index in [1.54, 1.807) is 17.0 Å². The van der Waals surface area contributed by atoms with Crippen LogP contribution in [0, 0.1) is 5.92 Å². The number of aliphatic hydroxyl groups excluding tert-OH is 1. The average molecular weight is 340 g/mol. The predicted octanol–water partition coefficient (Wildman–Crippen LogP) is 4.10. The van der Waals surface area contributed by atoms with Gasteiger partial charge in [-0.2, -0.15) is 0 Å². The normalized spacial score (nSPS) is 23.5. The molecule has 1 aromatic heterocycles. The molecular weight excluding hydrogens is 322 g/mol. The number of carbonyl (C=O) groups is 2. The van der Waals surface area contributed by atoms with Crippen LogP contribution < -0.4 is 4.90 Å². The van der Waals surface area contributed by atoms with E-state index in [1.807, 2.05) is 0 Å². The van der Waals surface area contributed by atoms with Crippen LogP contribution in [0.1, 0.15) is 39.0 Å². The fourth-order valence-electron chi connectivity index (χ4n) is 3.57. The Hall–Kier alpha value is -1.33. The third-order valence-corrected chi connectivity index (χ3v) is 5.75. The fourth-order valence-corrected chi connectivity index (χ4v) is 4.63. The van der Waals surface area contributed by atoms with Gasteiger partial charge in [0.15, 0.2) is 11.5 Å². The number of aliphatic hydroxyl groups is 1. The summed E-state index contributed by atoms with van der Waals surface area (Å²) < 4.78 is 0.584. The summed E-state index contributed by atoms with van der Waals surface area (Å²) in [6, 6.07) is 3.15. The van der Waals surface area contributed by atoms with E-state index in [1.165, 1.54) is 24.7 Å². The third-order valence-electron chi connectivity index (χ3n) is 4.52. The minimum atomic E-state index is -0.487. The standard InChI is InChI=1S/C16H18ClNO3S/c1-9(19)13-14(10-5-3-2-4-6-10)18(16(21)15(13)20)12-8-7-11(17)22-12/h7-8,10,14,20H,2-6H2,1H3. The average Bonchev–Trinajstić information content (AvgIpc) is 3.02. The van der Waals surface area contributed by atoms with Crippen molar-refractivity contribution in [1.82, 2.24) is 0 Å². The molecule has 0 radical (unpaired) electrons. The van der Waals surface area contributed by atoms with Crippen LogP contribution in [0.5, 0.6) is 0 Å². The number of ketones is 1. The van der Waals surface area contributed by atoms with Crippen LogP contribution >= 0.6 is 22.9 Å². The van der Waals surface area contributed by atoms with Crippen LogP contribution in [0.15, 0.2) is 23.5 Å². The van der Waals surface area contributed by atoms with E-state index < -0.39 is 11.7 Å². The first-order chi connectivity index (χ1) is 10.5. The van der Waals surface area contributed by atoms with E-state index in [9.17, 15) is 14.7 Å². The SMILES string of the molecule is CC(=O)C1=C(O)C(=O)N(c2ccc(Cl)s2)C1C1CCCCC1. The molecule has 1 saturated carbocycles. The molecule has 1 N–H and O–H groups in total. The molecule has 3 rings (SSSR count). The molecule has 0 bridgehead atoms. The second kappa shape index (κ2) is 6.05. The smallest absolute Gasteiger partial charge is 0.294 e. The number of amides is 1. The van der Waals surface area contributed by atoms with E-state index in [-0.39, 0.29) is 23.3 Å². The monoisotopic (exact) mass is 339 g/mol. The van der Waals surface area contributed by atoms with Crippen molar-refractivity contribution < 1.29 is 14.7 Å². The maximum atomic E-state index is 12.5. The Bertz CT molecular complexity index is 646. The first kappa shape index (κ1) is 15.6. The molecule has 1 amide bonds. The molecule has 1 aromatic rings. The fraction of sp³-hybridized carbons (Fsp3) is 0.500. The van der Waals surface area contributed by atoms with Gasteiger partial charge in [0, 0.05) is 0 Å². The third kappa shape index (κ3) is 2.57. The van der Waals surface area contributed by atoms with Gasteiger partial charge in [0.1, 0.15) is 0 Å². The van der Waals surface area contributed by atoms with Crippen LogP contribution in [0.4, 0.5) is 5.00 Å². The van der Waals surface area contributed by atoms with Gasteiger partial charge in [-0.15, -0.1) is 11.3 Å². The number of nitrogens with zero attached hydrogens (tertiary/aromatic N) is 1. The van der Waals surface area contributed by atoms with Crippen molar-refractivity contribution >= 4 is 39.6 Å². The number of hydrogen-bond donors (Lipinski definition) is 1. The molecule has 1 aliphatic heterocycles. The van der Waals surface area contributed by atoms with Crippen molar-refractivity contribution in [3.63, 3.8) is 0 Å². The highest BCUT2D eigenvalue weighted by Crippen LogP contribution is 2.42.